The monoisotopic (exact) mass is 359 g/mol. The van der Waals surface area contributed by atoms with Gasteiger partial charge in [0.25, 0.3) is 5.91 Å². The van der Waals surface area contributed by atoms with Crippen LogP contribution in [0.5, 0.6) is 5.75 Å². The summed E-state index contributed by atoms with van der Waals surface area (Å²) in [6.45, 7) is 1.51. The number of halogens is 2. The fourth-order valence-electron chi connectivity index (χ4n) is 2.07. The van der Waals surface area contributed by atoms with Gasteiger partial charge in [0, 0.05) is 0 Å². The molecule has 114 valence electrons. The van der Waals surface area contributed by atoms with Gasteiger partial charge in [0.15, 0.2) is 6.10 Å². The van der Waals surface area contributed by atoms with Crippen LogP contribution in [0.3, 0.4) is 0 Å². The molecule has 2 rings (SSSR count). The molecule has 0 radical (unpaired) electrons. The van der Waals surface area contributed by atoms with Crippen LogP contribution in [0, 0.1) is 5.82 Å². The maximum atomic E-state index is 13.0. The van der Waals surface area contributed by atoms with Crippen LogP contribution in [-0.2, 0) is 9.59 Å². The Bertz CT molecular complexity index is 574. The summed E-state index contributed by atoms with van der Waals surface area (Å²) in [7, 11) is 0. The number of aliphatic carboxylic acids is 1. The summed E-state index contributed by atoms with van der Waals surface area (Å²) in [4.78, 5) is 23.3. The summed E-state index contributed by atoms with van der Waals surface area (Å²) in [6, 6.07) is 3.85. The smallest absolute Gasteiger partial charge is 0.329 e. The number of carbonyl (C=O) groups is 2. The lowest BCUT2D eigenvalue weighted by molar-refractivity contribution is -0.152. The molecular formula is C14H15BrFNO4. The van der Waals surface area contributed by atoms with E-state index in [4.69, 9.17) is 4.74 Å². The second-order valence-corrected chi connectivity index (χ2v) is 5.92. The van der Waals surface area contributed by atoms with Gasteiger partial charge in [-0.1, -0.05) is 0 Å². The maximum Gasteiger partial charge on any atom is 0.329 e. The second kappa shape index (κ2) is 6.01. The van der Waals surface area contributed by atoms with Gasteiger partial charge in [-0.3, -0.25) is 4.79 Å². The SMILES string of the molecule is CC(Oc1ccc(F)cc1Br)C(=O)NC1(C(=O)O)CCC1. The van der Waals surface area contributed by atoms with E-state index in [0.717, 1.165) is 6.42 Å². The fourth-order valence-corrected chi connectivity index (χ4v) is 2.52. The lowest BCUT2D eigenvalue weighted by Crippen LogP contribution is -2.61. The van der Waals surface area contributed by atoms with Gasteiger partial charge >= 0.3 is 5.97 Å². The van der Waals surface area contributed by atoms with E-state index in [0.29, 0.717) is 23.1 Å². The summed E-state index contributed by atoms with van der Waals surface area (Å²) in [5, 5.41) is 11.7. The number of rotatable bonds is 5. The van der Waals surface area contributed by atoms with Crippen molar-refractivity contribution in [3.8, 4) is 5.75 Å². The Labute approximate surface area is 129 Å². The van der Waals surface area contributed by atoms with Crippen LogP contribution >= 0.6 is 15.9 Å². The van der Waals surface area contributed by atoms with E-state index < -0.39 is 29.3 Å². The first-order valence-electron chi connectivity index (χ1n) is 6.51. The minimum atomic E-state index is -1.17. The zero-order valence-corrected chi connectivity index (χ0v) is 12.9. The normalized spacial score (nSPS) is 17.5. The summed E-state index contributed by atoms with van der Waals surface area (Å²) < 4.78 is 18.8. The standard InChI is InChI=1S/C14H15BrFNO4/c1-8(21-11-4-3-9(16)7-10(11)15)12(18)17-14(13(19)20)5-2-6-14/h3-4,7-8H,2,5-6H2,1H3,(H,17,18)(H,19,20). The van der Waals surface area contributed by atoms with Crippen LogP contribution in [0.4, 0.5) is 4.39 Å². The first kappa shape index (κ1) is 15.8. The molecule has 0 saturated heterocycles. The average molecular weight is 360 g/mol. The van der Waals surface area contributed by atoms with Crippen molar-refractivity contribution in [2.45, 2.75) is 37.8 Å². The molecule has 1 unspecified atom stereocenters. The third-order valence-electron chi connectivity index (χ3n) is 3.55. The predicted molar refractivity (Wildman–Crippen MR) is 76.6 cm³/mol. The molecule has 1 aliphatic carbocycles. The minimum Gasteiger partial charge on any atom is -0.480 e. The van der Waals surface area contributed by atoms with Gasteiger partial charge in [-0.15, -0.1) is 0 Å². The van der Waals surface area contributed by atoms with Gasteiger partial charge in [0.1, 0.15) is 17.1 Å². The van der Waals surface area contributed by atoms with Crippen molar-refractivity contribution in [1.29, 1.82) is 0 Å². The molecule has 7 heteroatoms. The number of benzene rings is 1. The number of nitrogens with one attached hydrogen (secondary N) is 1. The molecule has 1 fully saturated rings. The van der Waals surface area contributed by atoms with Crippen LogP contribution in [0.25, 0.3) is 0 Å². The topological polar surface area (TPSA) is 75.6 Å². The van der Waals surface area contributed by atoms with Crippen LogP contribution in [0.1, 0.15) is 26.2 Å². The molecule has 0 heterocycles. The van der Waals surface area contributed by atoms with Crippen LogP contribution < -0.4 is 10.1 Å². The van der Waals surface area contributed by atoms with Gasteiger partial charge in [0.05, 0.1) is 4.47 Å². The van der Waals surface area contributed by atoms with Crippen LogP contribution in [0.15, 0.2) is 22.7 Å². The third kappa shape index (κ3) is 3.34. The highest BCUT2D eigenvalue weighted by molar-refractivity contribution is 9.10. The van der Waals surface area contributed by atoms with Gasteiger partial charge in [-0.2, -0.15) is 0 Å². The van der Waals surface area contributed by atoms with Gasteiger partial charge in [-0.25, -0.2) is 9.18 Å². The molecule has 1 amide bonds. The Hall–Kier alpha value is -1.63. The van der Waals surface area contributed by atoms with Crippen molar-refractivity contribution in [3.63, 3.8) is 0 Å². The van der Waals surface area contributed by atoms with E-state index >= 15 is 0 Å². The van der Waals surface area contributed by atoms with E-state index in [1.165, 1.54) is 25.1 Å². The van der Waals surface area contributed by atoms with Crippen molar-refractivity contribution < 1.29 is 23.8 Å². The summed E-state index contributed by atoms with van der Waals surface area (Å²) in [5.41, 5.74) is -1.17. The van der Waals surface area contributed by atoms with Crippen molar-refractivity contribution in [3.05, 3.63) is 28.5 Å². The number of carbonyl (C=O) groups excluding carboxylic acids is 1. The van der Waals surface area contributed by atoms with E-state index in [-0.39, 0.29) is 0 Å². The molecule has 1 aliphatic rings. The molecule has 0 aliphatic heterocycles. The predicted octanol–water partition coefficient (Wildman–Crippen LogP) is 2.48. The van der Waals surface area contributed by atoms with Gasteiger partial charge in [-0.05, 0) is 60.3 Å². The number of ether oxygens (including phenoxy) is 1. The van der Waals surface area contributed by atoms with Crippen LogP contribution in [0.2, 0.25) is 0 Å². The first-order chi connectivity index (χ1) is 9.84. The lowest BCUT2D eigenvalue weighted by Gasteiger charge is -2.38. The molecule has 1 atom stereocenters. The number of carboxylic acids is 1. The molecule has 0 aromatic heterocycles. The van der Waals surface area contributed by atoms with Crippen molar-refractivity contribution in [1.82, 2.24) is 5.32 Å². The summed E-state index contributed by atoms with van der Waals surface area (Å²) >= 11 is 3.14. The Kier molecular flexibility index (Phi) is 4.51. The maximum absolute atomic E-state index is 13.0. The zero-order valence-electron chi connectivity index (χ0n) is 11.4. The zero-order chi connectivity index (χ0) is 15.6. The van der Waals surface area contributed by atoms with E-state index in [2.05, 4.69) is 21.2 Å². The third-order valence-corrected chi connectivity index (χ3v) is 4.17. The Morgan fingerprint density at radius 2 is 2.14 bits per heavy atom. The van der Waals surface area contributed by atoms with Crippen LogP contribution in [-0.4, -0.2) is 28.6 Å². The van der Waals surface area contributed by atoms with Gasteiger partial charge in [0.2, 0.25) is 0 Å². The van der Waals surface area contributed by atoms with E-state index in [1.807, 2.05) is 0 Å². The fraction of sp³-hybridized carbons (Fsp3) is 0.429. The number of hydrogen-bond donors (Lipinski definition) is 2. The Morgan fingerprint density at radius 3 is 2.62 bits per heavy atom. The molecule has 1 saturated carbocycles. The van der Waals surface area contributed by atoms with Gasteiger partial charge < -0.3 is 15.2 Å². The highest BCUT2D eigenvalue weighted by Gasteiger charge is 2.46. The highest BCUT2D eigenvalue weighted by Crippen LogP contribution is 2.32. The number of amides is 1. The van der Waals surface area contributed by atoms with Crippen molar-refractivity contribution in [2.75, 3.05) is 0 Å². The second-order valence-electron chi connectivity index (χ2n) is 5.06. The van der Waals surface area contributed by atoms with E-state index in [1.54, 1.807) is 0 Å². The molecule has 0 spiro atoms. The Balaban J connectivity index is 2.01. The largest absolute Gasteiger partial charge is 0.480 e. The molecule has 1 aromatic carbocycles. The lowest BCUT2D eigenvalue weighted by atomic mass is 9.76. The summed E-state index contributed by atoms with van der Waals surface area (Å²) in [6.07, 6.45) is 0.719. The van der Waals surface area contributed by atoms with E-state index in [9.17, 15) is 19.1 Å². The first-order valence-corrected chi connectivity index (χ1v) is 7.30. The molecule has 21 heavy (non-hydrogen) atoms. The Morgan fingerprint density at radius 1 is 1.48 bits per heavy atom. The number of hydrogen-bond acceptors (Lipinski definition) is 3. The molecule has 1 aromatic rings. The molecular weight excluding hydrogens is 345 g/mol. The summed E-state index contributed by atoms with van der Waals surface area (Å²) in [5.74, 6) is -1.65. The minimum absolute atomic E-state index is 0.317. The molecule has 5 nitrogen and oxygen atoms in total. The van der Waals surface area contributed by atoms with Crippen molar-refractivity contribution >= 4 is 27.8 Å². The quantitative estimate of drug-likeness (QED) is 0.846. The number of carboxylic acid groups (broad SMARTS) is 1. The average Bonchev–Trinajstić information content (AvgIpc) is 2.36. The molecule has 0 bridgehead atoms. The molecule has 2 N–H and O–H groups in total. The highest BCUT2D eigenvalue weighted by atomic mass is 79.9. The van der Waals surface area contributed by atoms with Crippen molar-refractivity contribution in [2.24, 2.45) is 0 Å².